The van der Waals surface area contributed by atoms with Crippen LogP contribution in [0.4, 0.5) is 17.5 Å². The third-order valence-corrected chi connectivity index (χ3v) is 4.31. The van der Waals surface area contributed by atoms with Gasteiger partial charge < -0.3 is 10.2 Å². The van der Waals surface area contributed by atoms with E-state index in [4.69, 9.17) is 0 Å². The molecule has 0 bridgehead atoms. The molecular weight excluding hydrogens is 328 g/mol. The molecule has 0 aliphatic carbocycles. The first kappa shape index (κ1) is 16.0. The van der Waals surface area contributed by atoms with Crippen molar-refractivity contribution in [2.45, 2.75) is 12.8 Å². The summed E-state index contributed by atoms with van der Waals surface area (Å²) in [4.78, 5) is 15.5. The second-order valence-electron chi connectivity index (χ2n) is 6.19. The monoisotopic (exact) mass is 346 g/mol. The maximum Gasteiger partial charge on any atom is 0.227 e. The summed E-state index contributed by atoms with van der Waals surface area (Å²) in [5, 5.41) is 16.8. The van der Waals surface area contributed by atoms with Crippen molar-refractivity contribution in [2.75, 3.05) is 23.3 Å². The molecule has 0 radical (unpaired) electrons. The SMILES string of the molecule is Cn1cc(Nc2nccc(-c3cnc(N4CCCC4)c(C#N)c3)n2)cn1. The lowest BCUT2D eigenvalue weighted by atomic mass is 10.1. The van der Waals surface area contributed by atoms with Gasteiger partial charge in [0.05, 0.1) is 23.1 Å². The van der Waals surface area contributed by atoms with Crippen LogP contribution in [0, 0.1) is 11.3 Å². The fourth-order valence-corrected chi connectivity index (χ4v) is 3.06. The van der Waals surface area contributed by atoms with Gasteiger partial charge in [-0.05, 0) is 25.0 Å². The Labute approximate surface area is 151 Å². The molecule has 0 atom stereocenters. The number of hydrogen-bond donors (Lipinski definition) is 1. The Morgan fingerprint density at radius 3 is 2.77 bits per heavy atom. The molecular formula is C18H18N8. The number of hydrogen-bond acceptors (Lipinski definition) is 7. The number of pyridine rings is 1. The standard InChI is InChI=1S/C18H18N8/c1-25-12-15(11-22-25)23-18-20-5-4-16(24-18)14-8-13(9-19)17(21-10-14)26-6-2-3-7-26/h4-5,8,10-12H,2-3,6-7H2,1H3,(H,20,23,24). The van der Waals surface area contributed by atoms with E-state index in [9.17, 15) is 5.26 Å². The fraction of sp³-hybridized carbons (Fsp3) is 0.278. The molecule has 1 saturated heterocycles. The van der Waals surface area contributed by atoms with Gasteiger partial charge in [0.15, 0.2) is 0 Å². The zero-order valence-electron chi connectivity index (χ0n) is 14.4. The molecule has 4 rings (SSSR count). The summed E-state index contributed by atoms with van der Waals surface area (Å²) < 4.78 is 1.70. The van der Waals surface area contributed by atoms with Crippen LogP contribution in [0.5, 0.6) is 0 Å². The summed E-state index contributed by atoms with van der Waals surface area (Å²) in [7, 11) is 1.85. The summed E-state index contributed by atoms with van der Waals surface area (Å²) in [5.41, 5.74) is 2.89. The fourth-order valence-electron chi connectivity index (χ4n) is 3.06. The zero-order chi connectivity index (χ0) is 17.9. The number of aromatic nitrogens is 5. The van der Waals surface area contributed by atoms with Gasteiger partial charge in [-0.2, -0.15) is 10.4 Å². The van der Waals surface area contributed by atoms with Crippen LogP contribution in [0.1, 0.15) is 18.4 Å². The van der Waals surface area contributed by atoms with Crippen molar-refractivity contribution >= 4 is 17.5 Å². The minimum absolute atomic E-state index is 0.470. The molecule has 8 heteroatoms. The smallest absolute Gasteiger partial charge is 0.227 e. The van der Waals surface area contributed by atoms with Crippen LogP contribution in [-0.4, -0.2) is 37.8 Å². The Kier molecular flexibility index (Phi) is 4.19. The average Bonchev–Trinajstić information content (AvgIpc) is 3.33. The summed E-state index contributed by atoms with van der Waals surface area (Å²) in [6.07, 6.45) is 9.28. The maximum absolute atomic E-state index is 9.53. The molecule has 0 spiro atoms. The molecule has 26 heavy (non-hydrogen) atoms. The molecule has 3 aromatic rings. The topological polar surface area (TPSA) is 95.6 Å². The first-order valence-corrected chi connectivity index (χ1v) is 8.47. The van der Waals surface area contributed by atoms with Crippen LogP contribution >= 0.6 is 0 Å². The summed E-state index contributed by atoms with van der Waals surface area (Å²) in [6, 6.07) is 5.92. The Bertz CT molecular complexity index is 965. The van der Waals surface area contributed by atoms with E-state index in [0.717, 1.165) is 43.0 Å². The van der Waals surface area contributed by atoms with Gasteiger partial charge in [0.1, 0.15) is 11.9 Å². The van der Waals surface area contributed by atoms with Gasteiger partial charge in [-0.3, -0.25) is 4.68 Å². The van der Waals surface area contributed by atoms with Crippen molar-refractivity contribution < 1.29 is 0 Å². The van der Waals surface area contributed by atoms with Gasteiger partial charge in [0.25, 0.3) is 0 Å². The minimum atomic E-state index is 0.470. The zero-order valence-corrected chi connectivity index (χ0v) is 14.4. The number of anilines is 3. The molecule has 0 unspecified atom stereocenters. The number of aryl methyl sites for hydroxylation is 1. The molecule has 130 valence electrons. The van der Waals surface area contributed by atoms with Crippen LogP contribution in [0.15, 0.2) is 36.9 Å². The predicted molar refractivity (Wildman–Crippen MR) is 97.9 cm³/mol. The lowest BCUT2D eigenvalue weighted by Gasteiger charge is -2.17. The van der Waals surface area contributed by atoms with Crippen molar-refractivity contribution in [2.24, 2.45) is 7.05 Å². The molecule has 1 aliphatic rings. The van der Waals surface area contributed by atoms with Crippen LogP contribution in [0.25, 0.3) is 11.3 Å². The van der Waals surface area contributed by atoms with E-state index in [2.05, 4.69) is 36.3 Å². The van der Waals surface area contributed by atoms with Crippen molar-refractivity contribution in [3.63, 3.8) is 0 Å². The predicted octanol–water partition coefficient (Wildman–Crippen LogP) is 2.49. The highest BCUT2D eigenvalue weighted by molar-refractivity contribution is 5.67. The summed E-state index contributed by atoms with van der Waals surface area (Å²) >= 11 is 0. The quantitative estimate of drug-likeness (QED) is 0.775. The van der Waals surface area contributed by atoms with Crippen LogP contribution in [-0.2, 0) is 7.05 Å². The molecule has 1 fully saturated rings. The first-order chi connectivity index (χ1) is 12.7. The highest BCUT2D eigenvalue weighted by atomic mass is 15.3. The van der Waals surface area contributed by atoms with Gasteiger partial charge >= 0.3 is 0 Å². The summed E-state index contributed by atoms with van der Waals surface area (Å²) in [5.74, 6) is 1.23. The molecule has 4 heterocycles. The van der Waals surface area contributed by atoms with E-state index >= 15 is 0 Å². The molecule has 1 N–H and O–H groups in total. The van der Waals surface area contributed by atoms with Crippen molar-refractivity contribution in [1.82, 2.24) is 24.7 Å². The van der Waals surface area contributed by atoms with E-state index < -0.39 is 0 Å². The average molecular weight is 346 g/mol. The third kappa shape index (κ3) is 3.19. The Morgan fingerprint density at radius 1 is 1.19 bits per heavy atom. The normalized spacial score (nSPS) is 13.6. The second kappa shape index (κ2) is 6.80. The van der Waals surface area contributed by atoms with Crippen LogP contribution in [0.3, 0.4) is 0 Å². The minimum Gasteiger partial charge on any atom is -0.356 e. The van der Waals surface area contributed by atoms with E-state index in [0.29, 0.717) is 17.2 Å². The number of nitrogens with one attached hydrogen (secondary N) is 1. The molecule has 3 aromatic heterocycles. The highest BCUT2D eigenvalue weighted by Gasteiger charge is 2.18. The van der Waals surface area contributed by atoms with Crippen LogP contribution < -0.4 is 10.2 Å². The Hall–Kier alpha value is -3.47. The summed E-state index contributed by atoms with van der Waals surface area (Å²) in [6.45, 7) is 1.90. The third-order valence-electron chi connectivity index (χ3n) is 4.31. The van der Waals surface area contributed by atoms with Gasteiger partial charge in [0.2, 0.25) is 5.95 Å². The lowest BCUT2D eigenvalue weighted by Crippen LogP contribution is -2.20. The van der Waals surface area contributed by atoms with Crippen molar-refractivity contribution in [1.29, 1.82) is 5.26 Å². The largest absolute Gasteiger partial charge is 0.356 e. The molecule has 0 aromatic carbocycles. The van der Waals surface area contributed by atoms with E-state index in [1.165, 1.54) is 0 Å². The van der Waals surface area contributed by atoms with Crippen LogP contribution in [0.2, 0.25) is 0 Å². The van der Waals surface area contributed by atoms with E-state index in [1.807, 2.05) is 25.4 Å². The van der Waals surface area contributed by atoms with Gasteiger partial charge in [-0.25, -0.2) is 15.0 Å². The van der Waals surface area contributed by atoms with E-state index in [-0.39, 0.29) is 0 Å². The highest BCUT2D eigenvalue weighted by Crippen LogP contribution is 2.26. The van der Waals surface area contributed by atoms with Crippen molar-refractivity contribution in [3.05, 3.63) is 42.5 Å². The number of rotatable bonds is 4. The maximum atomic E-state index is 9.53. The molecule has 8 nitrogen and oxygen atoms in total. The molecule has 0 amide bonds. The molecule has 1 aliphatic heterocycles. The lowest BCUT2D eigenvalue weighted by molar-refractivity contribution is 0.768. The van der Waals surface area contributed by atoms with Gasteiger partial charge in [0, 0.05) is 44.3 Å². The first-order valence-electron chi connectivity index (χ1n) is 8.47. The van der Waals surface area contributed by atoms with Crippen molar-refractivity contribution in [3.8, 4) is 17.3 Å². The van der Waals surface area contributed by atoms with Gasteiger partial charge in [-0.1, -0.05) is 0 Å². The molecule has 0 saturated carbocycles. The number of nitrogens with zero attached hydrogens (tertiary/aromatic N) is 7. The van der Waals surface area contributed by atoms with Gasteiger partial charge in [-0.15, -0.1) is 0 Å². The Morgan fingerprint density at radius 2 is 2.04 bits per heavy atom. The van der Waals surface area contributed by atoms with E-state index in [1.54, 1.807) is 23.3 Å². The Balaban J connectivity index is 1.63. The second-order valence-corrected chi connectivity index (χ2v) is 6.19. The number of nitriles is 1.